The smallest absolute Gasteiger partial charge is 0.337 e. The van der Waals surface area contributed by atoms with Crippen LogP contribution in [0.1, 0.15) is 5.56 Å². The Bertz CT molecular complexity index is 646. The van der Waals surface area contributed by atoms with Crippen LogP contribution in [0.5, 0.6) is 0 Å². The number of benzene rings is 2. The fourth-order valence-corrected chi connectivity index (χ4v) is 1.97. The van der Waals surface area contributed by atoms with E-state index in [9.17, 15) is 18.1 Å². The Morgan fingerprint density at radius 2 is 1.76 bits per heavy atom. The highest BCUT2D eigenvalue weighted by atomic mass is 19.3. The molecule has 0 spiro atoms. The number of ether oxygens (including phenoxy) is 1. The molecule has 0 aromatic heterocycles. The molecule has 1 unspecified atom stereocenters. The molecule has 2 aromatic rings. The second kappa shape index (κ2) is 5.97. The molecule has 0 aliphatic carbocycles. The van der Waals surface area contributed by atoms with E-state index in [1.165, 1.54) is 12.1 Å². The van der Waals surface area contributed by atoms with E-state index >= 15 is 0 Å². The zero-order chi connectivity index (χ0) is 15.5. The molecular formula is C15H11F3O3. The molecule has 0 radical (unpaired) electrons. The quantitative estimate of drug-likeness (QED) is 0.863. The number of hydrogen-bond acceptors (Lipinski definition) is 3. The zero-order valence-electron chi connectivity index (χ0n) is 11.0. The van der Waals surface area contributed by atoms with Crippen LogP contribution < -0.4 is 0 Å². The van der Waals surface area contributed by atoms with Crippen molar-refractivity contribution in [2.24, 2.45) is 0 Å². The maximum absolute atomic E-state index is 14.5. The van der Waals surface area contributed by atoms with E-state index in [2.05, 4.69) is 9.68 Å². The lowest BCUT2D eigenvalue weighted by Crippen LogP contribution is -2.34. The van der Waals surface area contributed by atoms with Crippen LogP contribution in [0.2, 0.25) is 0 Å². The van der Waals surface area contributed by atoms with Gasteiger partial charge in [0.15, 0.2) is 0 Å². The number of carbonyl (C=O) groups excluding carboxylic acids is 1. The molecule has 0 fully saturated rings. The third-order valence-corrected chi connectivity index (χ3v) is 3.04. The third kappa shape index (κ3) is 2.62. The first-order chi connectivity index (χ1) is 10.0. The van der Waals surface area contributed by atoms with Crippen molar-refractivity contribution < 1.29 is 27.8 Å². The standard InChI is InChI=1S/C15H11F3O3/c1-20-15(17,14(19)21-18)12-9-5-8-11(13(12)16)10-6-3-2-4-7-10/h2-9H,1H3. The Hall–Kier alpha value is -2.34. The summed E-state index contributed by atoms with van der Waals surface area (Å²) < 4.78 is 45.3. The molecule has 6 heteroatoms. The van der Waals surface area contributed by atoms with Gasteiger partial charge in [0.2, 0.25) is 0 Å². The maximum Gasteiger partial charge on any atom is 0.417 e. The lowest BCUT2D eigenvalue weighted by molar-refractivity contribution is -0.233. The molecule has 110 valence electrons. The van der Waals surface area contributed by atoms with E-state index in [0.717, 1.165) is 13.2 Å². The molecule has 0 saturated heterocycles. The van der Waals surface area contributed by atoms with Crippen molar-refractivity contribution in [3.63, 3.8) is 0 Å². The van der Waals surface area contributed by atoms with Crippen molar-refractivity contribution in [1.29, 1.82) is 0 Å². The molecule has 0 bridgehead atoms. The summed E-state index contributed by atoms with van der Waals surface area (Å²) in [6.07, 6.45) is 0. The van der Waals surface area contributed by atoms with Gasteiger partial charge in [0, 0.05) is 17.2 Å². The normalized spacial score (nSPS) is 13.5. The molecule has 2 aromatic carbocycles. The molecule has 21 heavy (non-hydrogen) atoms. The van der Waals surface area contributed by atoms with Crippen LogP contribution in [0.4, 0.5) is 13.3 Å². The van der Waals surface area contributed by atoms with Crippen molar-refractivity contribution in [2.45, 2.75) is 5.85 Å². The number of rotatable bonds is 4. The second-order valence-electron chi connectivity index (χ2n) is 4.20. The lowest BCUT2D eigenvalue weighted by atomic mass is 9.98. The van der Waals surface area contributed by atoms with Gasteiger partial charge in [-0.05, 0) is 11.6 Å². The summed E-state index contributed by atoms with van der Waals surface area (Å²) in [6, 6.07) is 12.0. The largest absolute Gasteiger partial charge is 0.417 e. The highest BCUT2D eigenvalue weighted by Crippen LogP contribution is 2.35. The van der Waals surface area contributed by atoms with Gasteiger partial charge >= 0.3 is 11.8 Å². The Balaban J connectivity index is 2.60. The van der Waals surface area contributed by atoms with E-state index in [1.807, 2.05) is 0 Å². The minimum Gasteiger partial charge on any atom is -0.337 e. The summed E-state index contributed by atoms with van der Waals surface area (Å²) in [6.45, 7) is 0. The minimum atomic E-state index is -3.36. The van der Waals surface area contributed by atoms with Gasteiger partial charge in [0.1, 0.15) is 5.82 Å². The molecule has 0 amide bonds. The number of methoxy groups -OCH3 is 1. The summed E-state index contributed by atoms with van der Waals surface area (Å²) in [5.74, 6) is -6.36. The van der Waals surface area contributed by atoms with Crippen LogP contribution in [-0.2, 0) is 20.3 Å². The number of halogens is 3. The summed E-state index contributed by atoms with van der Waals surface area (Å²) in [5.41, 5.74) is -0.225. The van der Waals surface area contributed by atoms with Crippen LogP contribution in [0.3, 0.4) is 0 Å². The van der Waals surface area contributed by atoms with Crippen molar-refractivity contribution in [1.82, 2.24) is 0 Å². The van der Waals surface area contributed by atoms with Crippen LogP contribution in [0.25, 0.3) is 11.1 Å². The van der Waals surface area contributed by atoms with E-state index in [-0.39, 0.29) is 5.56 Å². The van der Waals surface area contributed by atoms with Gasteiger partial charge in [-0.15, -0.1) is 0 Å². The lowest BCUT2D eigenvalue weighted by Gasteiger charge is -2.21. The fraction of sp³-hybridized carbons (Fsp3) is 0.133. The first-order valence-corrected chi connectivity index (χ1v) is 5.96. The van der Waals surface area contributed by atoms with Gasteiger partial charge in [-0.25, -0.2) is 14.1 Å². The van der Waals surface area contributed by atoms with Crippen molar-refractivity contribution in [3.05, 3.63) is 59.9 Å². The molecule has 0 heterocycles. The van der Waals surface area contributed by atoms with Crippen LogP contribution >= 0.6 is 0 Å². The minimum absolute atomic E-state index is 0.0545. The first kappa shape index (κ1) is 15.1. The van der Waals surface area contributed by atoms with Crippen molar-refractivity contribution in [3.8, 4) is 11.1 Å². The average Bonchev–Trinajstić information content (AvgIpc) is 2.54. The summed E-state index contributed by atoms with van der Waals surface area (Å²) >= 11 is 0. The Labute approximate surface area is 118 Å². The van der Waals surface area contributed by atoms with E-state index in [0.29, 0.717) is 5.56 Å². The highest BCUT2D eigenvalue weighted by molar-refractivity contribution is 5.80. The highest BCUT2D eigenvalue weighted by Gasteiger charge is 2.46. The predicted octanol–water partition coefficient (Wildman–Crippen LogP) is 3.69. The summed E-state index contributed by atoms with van der Waals surface area (Å²) in [7, 11) is 0.811. The fourth-order valence-electron chi connectivity index (χ4n) is 1.97. The predicted molar refractivity (Wildman–Crippen MR) is 68.8 cm³/mol. The molecule has 0 N–H and O–H groups in total. The Kier molecular flexibility index (Phi) is 4.28. The molecular weight excluding hydrogens is 285 g/mol. The first-order valence-electron chi connectivity index (χ1n) is 5.96. The van der Waals surface area contributed by atoms with Crippen molar-refractivity contribution in [2.75, 3.05) is 7.11 Å². The Morgan fingerprint density at radius 3 is 2.33 bits per heavy atom. The van der Waals surface area contributed by atoms with Gasteiger partial charge in [0.05, 0.1) is 5.56 Å². The molecule has 3 nitrogen and oxygen atoms in total. The van der Waals surface area contributed by atoms with Gasteiger partial charge in [-0.1, -0.05) is 42.5 Å². The number of alkyl halides is 1. The van der Waals surface area contributed by atoms with Crippen molar-refractivity contribution >= 4 is 5.97 Å². The molecule has 0 aliphatic rings. The average molecular weight is 296 g/mol. The second-order valence-corrected chi connectivity index (χ2v) is 4.20. The van der Waals surface area contributed by atoms with E-state index < -0.39 is 23.2 Å². The molecule has 2 rings (SSSR count). The summed E-state index contributed by atoms with van der Waals surface area (Å²) in [5, 5.41) is 0. The van der Waals surface area contributed by atoms with Crippen LogP contribution in [0.15, 0.2) is 48.5 Å². The molecule has 1 atom stereocenters. The monoisotopic (exact) mass is 296 g/mol. The Morgan fingerprint density at radius 1 is 1.10 bits per heavy atom. The van der Waals surface area contributed by atoms with Gasteiger partial charge in [-0.2, -0.15) is 4.39 Å². The van der Waals surface area contributed by atoms with E-state index in [4.69, 9.17) is 0 Å². The van der Waals surface area contributed by atoms with E-state index in [1.54, 1.807) is 30.3 Å². The van der Waals surface area contributed by atoms with Crippen LogP contribution in [0, 0.1) is 5.82 Å². The van der Waals surface area contributed by atoms with Gasteiger partial charge in [0.25, 0.3) is 0 Å². The number of hydrogen-bond donors (Lipinski definition) is 0. The maximum atomic E-state index is 14.5. The number of carbonyl (C=O) groups is 1. The summed E-state index contributed by atoms with van der Waals surface area (Å²) in [4.78, 5) is 14.1. The molecule has 0 saturated carbocycles. The van der Waals surface area contributed by atoms with Gasteiger partial charge < -0.3 is 4.74 Å². The SMILES string of the molecule is COC(F)(C(=O)OF)c1cccc(-c2ccccc2)c1F. The zero-order valence-corrected chi connectivity index (χ0v) is 11.0. The third-order valence-electron chi connectivity index (χ3n) is 3.04. The van der Waals surface area contributed by atoms with Gasteiger partial charge in [-0.3, -0.25) is 0 Å². The molecule has 0 aliphatic heterocycles. The van der Waals surface area contributed by atoms with Crippen LogP contribution in [-0.4, -0.2) is 13.1 Å². The topological polar surface area (TPSA) is 35.5 Å².